The molecule has 1 aliphatic heterocycles. The standard InChI is InChI=1S/C19H26N6O5S2/c1-13(17(20)26)21-16-12-31-19(22-16)23-18(27)15(11-14-5-3-2-4-6-14)24-32(28,29)25-7-9-30-10-8-25/h2-6,12-13,15,21,24H,7-11H2,1H3,(H2,20,26)(H,22,23,27)/t13-,15-/m0/s1. The first-order valence-electron chi connectivity index (χ1n) is 9.96. The van der Waals surface area contributed by atoms with Gasteiger partial charge in [-0.1, -0.05) is 30.3 Å². The number of hydrogen-bond donors (Lipinski definition) is 4. The topological polar surface area (TPSA) is 156 Å². The molecule has 2 heterocycles. The van der Waals surface area contributed by atoms with Crippen molar-refractivity contribution in [3.63, 3.8) is 0 Å². The van der Waals surface area contributed by atoms with Crippen LogP contribution >= 0.6 is 11.3 Å². The lowest BCUT2D eigenvalue weighted by Crippen LogP contribution is -2.53. The van der Waals surface area contributed by atoms with Gasteiger partial charge in [-0.2, -0.15) is 17.4 Å². The van der Waals surface area contributed by atoms with Gasteiger partial charge >= 0.3 is 0 Å². The van der Waals surface area contributed by atoms with Gasteiger partial charge in [0, 0.05) is 18.5 Å². The SMILES string of the molecule is C[C@H](Nc1csc(NC(=O)[C@H](Cc2ccccc2)NS(=O)(=O)N2CCOCC2)n1)C(N)=O. The number of morpholine rings is 1. The highest BCUT2D eigenvalue weighted by Gasteiger charge is 2.31. The van der Waals surface area contributed by atoms with E-state index in [2.05, 4.69) is 20.3 Å². The molecule has 11 nitrogen and oxygen atoms in total. The number of anilines is 2. The molecule has 5 N–H and O–H groups in total. The van der Waals surface area contributed by atoms with Crippen LogP contribution in [0.1, 0.15) is 12.5 Å². The molecule has 2 amide bonds. The Labute approximate surface area is 190 Å². The molecule has 13 heteroatoms. The average Bonchev–Trinajstić information content (AvgIpc) is 3.21. The lowest BCUT2D eigenvalue weighted by molar-refractivity contribution is -0.118. The molecular formula is C19H26N6O5S2. The van der Waals surface area contributed by atoms with Crippen LogP contribution in [0.2, 0.25) is 0 Å². The van der Waals surface area contributed by atoms with Gasteiger partial charge in [-0.25, -0.2) is 4.98 Å². The molecule has 2 atom stereocenters. The first-order chi connectivity index (χ1) is 15.2. The molecule has 0 bridgehead atoms. The molecule has 1 fully saturated rings. The first kappa shape index (κ1) is 24.1. The fourth-order valence-electron chi connectivity index (χ4n) is 2.96. The monoisotopic (exact) mass is 482 g/mol. The Hall–Kier alpha value is -2.58. The lowest BCUT2D eigenvalue weighted by atomic mass is 10.1. The van der Waals surface area contributed by atoms with Crippen molar-refractivity contribution in [2.45, 2.75) is 25.4 Å². The molecule has 174 valence electrons. The minimum atomic E-state index is -3.90. The highest BCUT2D eigenvalue weighted by Crippen LogP contribution is 2.20. The number of hydrogen-bond acceptors (Lipinski definition) is 8. The van der Waals surface area contributed by atoms with E-state index in [0.717, 1.165) is 16.9 Å². The van der Waals surface area contributed by atoms with Gasteiger partial charge in [-0.3, -0.25) is 9.59 Å². The Morgan fingerprint density at radius 3 is 2.59 bits per heavy atom. The van der Waals surface area contributed by atoms with Crippen molar-refractivity contribution in [2.75, 3.05) is 36.9 Å². The predicted octanol–water partition coefficient (Wildman–Crippen LogP) is 0.145. The Bertz CT molecular complexity index is 1020. The number of ether oxygens (including phenoxy) is 1. The first-order valence-corrected chi connectivity index (χ1v) is 12.3. The number of carbonyl (C=O) groups is 2. The summed E-state index contributed by atoms with van der Waals surface area (Å²) in [5, 5.41) is 7.37. The maximum atomic E-state index is 13.0. The normalized spacial score (nSPS) is 16.8. The number of carbonyl (C=O) groups excluding carboxylic acids is 2. The minimum Gasteiger partial charge on any atom is -0.379 e. The number of nitrogens with one attached hydrogen (secondary N) is 3. The molecular weight excluding hydrogens is 456 g/mol. The van der Waals surface area contributed by atoms with E-state index in [1.807, 2.05) is 30.3 Å². The van der Waals surface area contributed by atoms with Crippen LogP contribution < -0.4 is 21.1 Å². The third-order valence-corrected chi connectivity index (χ3v) is 7.11. The zero-order valence-corrected chi connectivity index (χ0v) is 19.1. The molecule has 0 aliphatic carbocycles. The molecule has 32 heavy (non-hydrogen) atoms. The minimum absolute atomic E-state index is 0.158. The van der Waals surface area contributed by atoms with Crippen LogP contribution in [0, 0.1) is 0 Å². The van der Waals surface area contributed by atoms with Gasteiger partial charge in [-0.05, 0) is 18.9 Å². The second-order valence-corrected chi connectivity index (χ2v) is 9.73. The quantitative estimate of drug-likeness (QED) is 0.375. The van der Waals surface area contributed by atoms with Crippen molar-refractivity contribution < 1.29 is 22.7 Å². The third kappa shape index (κ3) is 6.71. The number of nitrogens with two attached hydrogens (primary N) is 1. The van der Waals surface area contributed by atoms with E-state index in [1.165, 1.54) is 4.31 Å². The summed E-state index contributed by atoms with van der Waals surface area (Å²) in [6.45, 7) is 2.63. The zero-order valence-electron chi connectivity index (χ0n) is 17.5. The third-order valence-electron chi connectivity index (χ3n) is 4.73. The van der Waals surface area contributed by atoms with Gasteiger partial charge in [0.1, 0.15) is 17.9 Å². The Morgan fingerprint density at radius 1 is 1.25 bits per heavy atom. The number of amides is 2. The van der Waals surface area contributed by atoms with Crippen molar-refractivity contribution in [3.8, 4) is 0 Å². The summed E-state index contributed by atoms with van der Waals surface area (Å²) in [6.07, 6.45) is 0.158. The molecule has 1 saturated heterocycles. The smallest absolute Gasteiger partial charge is 0.280 e. The van der Waals surface area contributed by atoms with Crippen molar-refractivity contribution in [3.05, 3.63) is 41.3 Å². The van der Waals surface area contributed by atoms with Crippen LogP contribution in [0.3, 0.4) is 0 Å². The van der Waals surface area contributed by atoms with Crippen LogP contribution in [0.4, 0.5) is 10.9 Å². The molecule has 0 spiro atoms. The Kier molecular flexibility index (Phi) is 8.15. The summed E-state index contributed by atoms with van der Waals surface area (Å²) in [6, 6.07) is 7.42. The van der Waals surface area contributed by atoms with Crippen LogP contribution in [-0.4, -0.2) is 67.9 Å². The number of aromatic nitrogens is 1. The lowest BCUT2D eigenvalue weighted by Gasteiger charge is -2.28. The van der Waals surface area contributed by atoms with Crippen LogP contribution in [0.15, 0.2) is 35.7 Å². The fraction of sp³-hybridized carbons (Fsp3) is 0.421. The molecule has 2 aromatic rings. The number of primary amides is 1. The Balaban J connectivity index is 1.73. The Morgan fingerprint density at radius 2 is 1.94 bits per heavy atom. The molecule has 0 radical (unpaired) electrons. The number of thiazole rings is 1. The summed E-state index contributed by atoms with van der Waals surface area (Å²) in [7, 11) is -3.90. The molecule has 0 saturated carbocycles. The van der Waals surface area contributed by atoms with E-state index in [4.69, 9.17) is 10.5 Å². The van der Waals surface area contributed by atoms with Crippen LogP contribution in [-0.2, 0) is 31.0 Å². The van der Waals surface area contributed by atoms with E-state index in [1.54, 1.807) is 12.3 Å². The van der Waals surface area contributed by atoms with E-state index in [-0.39, 0.29) is 24.6 Å². The number of benzene rings is 1. The molecule has 1 aliphatic rings. The molecule has 3 rings (SSSR count). The highest BCUT2D eigenvalue weighted by atomic mass is 32.2. The largest absolute Gasteiger partial charge is 0.379 e. The van der Waals surface area contributed by atoms with Crippen molar-refractivity contribution in [1.82, 2.24) is 14.0 Å². The maximum Gasteiger partial charge on any atom is 0.280 e. The van der Waals surface area contributed by atoms with Crippen molar-refractivity contribution in [1.29, 1.82) is 0 Å². The molecule has 1 aromatic carbocycles. The molecule has 0 unspecified atom stereocenters. The summed E-state index contributed by atoms with van der Waals surface area (Å²) in [5.41, 5.74) is 6.03. The summed E-state index contributed by atoms with van der Waals surface area (Å²) in [4.78, 5) is 28.4. The number of nitrogens with zero attached hydrogens (tertiary/aromatic N) is 2. The van der Waals surface area contributed by atoms with E-state index in [9.17, 15) is 18.0 Å². The summed E-state index contributed by atoms with van der Waals surface area (Å²) >= 11 is 1.14. The van der Waals surface area contributed by atoms with Gasteiger partial charge in [0.15, 0.2) is 5.13 Å². The van der Waals surface area contributed by atoms with Gasteiger partial charge in [0.05, 0.1) is 13.2 Å². The van der Waals surface area contributed by atoms with Gasteiger partial charge in [0.25, 0.3) is 10.2 Å². The van der Waals surface area contributed by atoms with Crippen molar-refractivity contribution >= 4 is 44.3 Å². The number of rotatable bonds is 10. The predicted molar refractivity (Wildman–Crippen MR) is 121 cm³/mol. The second kappa shape index (κ2) is 10.8. The average molecular weight is 483 g/mol. The summed E-state index contributed by atoms with van der Waals surface area (Å²) < 4.78 is 34.7. The van der Waals surface area contributed by atoms with Gasteiger partial charge in [0.2, 0.25) is 11.8 Å². The highest BCUT2D eigenvalue weighted by molar-refractivity contribution is 7.87. The van der Waals surface area contributed by atoms with Gasteiger partial charge < -0.3 is 21.1 Å². The van der Waals surface area contributed by atoms with Crippen LogP contribution in [0.25, 0.3) is 0 Å². The molecule has 1 aromatic heterocycles. The zero-order chi connectivity index (χ0) is 23.1. The van der Waals surface area contributed by atoms with Crippen LogP contribution in [0.5, 0.6) is 0 Å². The van der Waals surface area contributed by atoms with Crippen molar-refractivity contribution in [2.24, 2.45) is 5.73 Å². The van der Waals surface area contributed by atoms with E-state index >= 15 is 0 Å². The van der Waals surface area contributed by atoms with E-state index < -0.39 is 34.1 Å². The maximum absolute atomic E-state index is 13.0. The van der Waals surface area contributed by atoms with Gasteiger partial charge in [-0.15, -0.1) is 11.3 Å². The fourth-order valence-corrected chi connectivity index (χ4v) is 4.95. The second-order valence-electron chi connectivity index (χ2n) is 7.17. The van der Waals surface area contributed by atoms with E-state index in [0.29, 0.717) is 19.0 Å². The summed E-state index contributed by atoms with van der Waals surface area (Å²) in [5.74, 6) is -0.705.